The second-order valence-corrected chi connectivity index (χ2v) is 7.82. The van der Waals surface area contributed by atoms with Gasteiger partial charge in [0.25, 0.3) is 11.8 Å². The Bertz CT molecular complexity index is 963. The molecule has 2 aliphatic rings. The summed E-state index contributed by atoms with van der Waals surface area (Å²) in [5, 5.41) is 0. The van der Waals surface area contributed by atoms with E-state index in [9.17, 15) is 23.2 Å². The number of benzene rings is 1. The average molecular weight is 431 g/mol. The second-order valence-electron chi connectivity index (χ2n) is 7.82. The number of amides is 3. The van der Waals surface area contributed by atoms with Gasteiger partial charge in [-0.2, -0.15) is 0 Å². The van der Waals surface area contributed by atoms with Gasteiger partial charge in [-0.1, -0.05) is 0 Å². The van der Waals surface area contributed by atoms with Crippen LogP contribution in [0.5, 0.6) is 0 Å². The van der Waals surface area contributed by atoms with Crippen molar-refractivity contribution in [2.75, 3.05) is 39.3 Å². The molecule has 2 saturated heterocycles. The van der Waals surface area contributed by atoms with Gasteiger partial charge in [-0.05, 0) is 37.1 Å². The fraction of sp³-hybridized carbons (Fsp3) is 0.409. The molecular formula is C22H23F2N3O4. The van der Waals surface area contributed by atoms with Gasteiger partial charge in [-0.25, -0.2) is 8.78 Å². The highest BCUT2D eigenvalue weighted by Crippen LogP contribution is 2.22. The van der Waals surface area contributed by atoms with Crippen LogP contribution in [-0.2, 0) is 4.79 Å². The maximum absolute atomic E-state index is 13.4. The van der Waals surface area contributed by atoms with Crippen LogP contribution in [0.2, 0.25) is 0 Å². The fourth-order valence-corrected chi connectivity index (χ4v) is 4.10. The van der Waals surface area contributed by atoms with Crippen LogP contribution in [0.4, 0.5) is 8.78 Å². The van der Waals surface area contributed by atoms with E-state index >= 15 is 0 Å². The van der Waals surface area contributed by atoms with E-state index in [4.69, 9.17) is 4.42 Å². The fourth-order valence-electron chi connectivity index (χ4n) is 4.10. The molecule has 31 heavy (non-hydrogen) atoms. The average Bonchev–Trinajstić information content (AvgIpc) is 3.35. The number of hydrogen-bond donors (Lipinski definition) is 0. The van der Waals surface area contributed by atoms with Crippen molar-refractivity contribution in [1.29, 1.82) is 0 Å². The molecule has 1 aromatic heterocycles. The smallest absolute Gasteiger partial charge is 0.257 e. The molecule has 164 valence electrons. The zero-order chi connectivity index (χ0) is 22.0. The molecule has 7 nitrogen and oxygen atoms in total. The number of likely N-dealkylation sites (tertiary alicyclic amines) is 1. The molecule has 4 rings (SSSR count). The number of carbonyl (C=O) groups is 3. The minimum atomic E-state index is -1.06. The molecule has 0 bridgehead atoms. The van der Waals surface area contributed by atoms with Gasteiger partial charge in [0.05, 0.1) is 11.8 Å². The Morgan fingerprint density at radius 3 is 2.00 bits per heavy atom. The molecule has 0 radical (unpaired) electrons. The maximum atomic E-state index is 13.4. The van der Waals surface area contributed by atoms with E-state index in [0.717, 1.165) is 12.1 Å². The molecule has 3 heterocycles. The van der Waals surface area contributed by atoms with Gasteiger partial charge in [-0.3, -0.25) is 14.4 Å². The van der Waals surface area contributed by atoms with Crippen LogP contribution >= 0.6 is 0 Å². The van der Waals surface area contributed by atoms with Gasteiger partial charge >= 0.3 is 0 Å². The van der Waals surface area contributed by atoms with Crippen molar-refractivity contribution >= 4 is 17.7 Å². The Labute approximate surface area is 178 Å². The number of nitrogens with zero attached hydrogens (tertiary/aromatic N) is 3. The minimum Gasteiger partial charge on any atom is -0.472 e. The molecule has 2 fully saturated rings. The van der Waals surface area contributed by atoms with E-state index in [0.29, 0.717) is 57.7 Å². The normalized spacial score (nSPS) is 17.7. The summed E-state index contributed by atoms with van der Waals surface area (Å²) in [5.74, 6) is -2.64. The van der Waals surface area contributed by atoms with Crippen LogP contribution in [0.1, 0.15) is 33.6 Å². The van der Waals surface area contributed by atoms with Crippen molar-refractivity contribution < 1.29 is 27.6 Å². The quantitative estimate of drug-likeness (QED) is 0.748. The monoisotopic (exact) mass is 431 g/mol. The Morgan fingerprint density at radius 2 is 1.39 bits per heavy atom. The molecule has 0 atom stereocenters. The van der Waals surface area contributed by atoms with Crippen LogP contribution in [0, 0.1) is 17.6 Å². The van der Waals surface area contributed by atoms with Crippen molar-refractivity contribution in [2.45, 2.75) is 12.8 Å². The molecule has 0 unspecified atom stereocenters. The van der Waals surface area contributed by atoms with Gasteiger partial charge in [0.1, 0.15) is 6.26 Å². The van der Waals surface area contributed by atoms with Crippen LogP contribution in [0.15, 0.2) is 41.2 Å². The van der Waals surface area contributed by atoms with Crippen LogP contribution < -0.4 is 0 Å². The third kappa shape index (κ3) is 4.45. The number of piperidine rings is 1. The first-order valence-corrected chi connectivity index (χ1v) is 10.3. The first-order valence-electron chi connectivity index (χ1n) is 10.3. The predicted octanol–water partition coefficient (Wildman–Crippen LogP) is 2.39. The van der Waals surface area contributed by atoms with E-state index in [1.807, 2.05) is 0 Å². The molecular weight excluding hydrogens is 408 g/mol. The predicted molar refractivity (Wildman–Crippen MR) is 106 cm³/mol. The lowest BCUT2D eigenvalue weighted by molar-refractivity contribution is -0.138. The summed E-state index contributed by atoms with van der Waals surface area (Å²) in [6.45, 7) is 2.47. The van der Waals surface area contributed by atoms with E-state index in [1.54, 1.807) is 20.8 Å². The summed E-state index contributed by atoms with van der Waals surface area (Å²) in [4.78, 5) is 42.8. The minimum absolute atomic E-state index is 0.0373. The molecule has 0 N–H and O–H groups in total. The Balaban J connectivity index is 1.27. The summed E-state index contributed by atoms with van der Waals surface area (Å²) in [6, 6.07) is 4.72. The van der Waals surface area contributed by atoms with Crippen LogP contribution in [-0.4, -0.2) is 71.7 Å². The van der Waals surface area contributed by atoms with Crippen molar-refractivity contribution in [1.82, 2.24) is 14.7 Å². The molecule has 9 heteroatoms. The van der Waals surface area contributed by atoms with Gasteiger partial charge < -0.3 is 19.1 Å². The van der Waals surface area contributed by atoms with Crippen LogP contribution in [0.25, 0.3) is 0 Å². The van der Waals surface area contributed by atoms with E-state index in [1.165, 1.54) is 18.6 Å². The SMILES string of the molecule is O=C(c1ccoc1)N1CCC(C(=O)N2CCN(C(=O)c3ccc(F)c(F)c3)CC2)CC1. The number of piperazine rings is 1. The number of carbonyl (C=O) groups excluding carboxylic acids is 3. The summed E-state index contributed by atoms with van der Waals surface area (Å²) in [6.07, 6.45) is 4.06. The molecule has 1 aromatic carbocycles. The Hall–Kier alpha value is -3.23. The largest absolute Gasteiger partial charge is 0.472 e. The topological polar surface area (TPSA) is 74.1 Å². The highest BCUT2D eigenvalue weighted by atomic mass is 19.2. The number of rotatable bonds is 3. The first-order chi connectivity index (χ1) is 14.9. The highest BCUT2D eigenvalue weighted by molar-refractivity contribution is 5.95. The van der Waals surface area contributed by atoms with Crippen molar-refractivity contribution in [3.63, 3.8) is 0 Å². The lowest BCUT2D eigenvalue weighted by atomic mass is 9.94. The summed E-state index contributed by atoms with van der Waals surface area (Å²) in [7, 11) is 0. The summed E-state index contributed by atoms with van der Waals surface area (Å²) < 4.78 is 31.5. The number of furan rings is 1. The van der Waals surface area contributed by atoms with E-state index < -0.39 is 11.6 Å². The first kappa shape index (κ1) is 21.0. The third-order valence-corrected chi connectivity index (χ3v) is 5.94. The van der Waals surface area contributed by atoms with Crippen molar-refractivity contribution in [2.24, 2.45) is 5.92 Å². The van der Waals surface area contributed by atoms with E-state index in [2.05, 4.69) is 0 Å². The zero-order valence-corrected chi connectivity index (χ0v) is 16.9. The maximum Gasteiger partial charge on any atom is 0.257 e. The van der Waals surface area contributed by atoms with E-state index in [-0.39, 0.29) is 29.2 Å². The molecule has 3 amide bonds. The Morgan fingerprint density at radius 1 is 0.774 bits per heavy atom. The summed E-state index contributed by atoms with van der Waals surface area (Å²) >= 11 is 0. The molecule has 0 saturated carbocycles. The third-order valence-electron chi connectivity index (χ3n) is 5.94. The van der Waals surface area contributed by atoms with Crippen molar-refractivity contribution in [3.05, 3.63) is 59.6 Å². The highest BCUT2D eigenvalue weighted by Gasteiger charge is 2.33. The standard InChI is InChI=1S/C22H23F2N3O4/c23-18-2-1-16(13-19(18)24)21(29)27-10-8-26(9-11-27)20(28)15-3-6-25(7-4-15)22(30)17-5-12-31-14-17/h1-2,5,12-15H,3-4,6-11H2. The van der Waals surface area contributed by atoms with Gasteiger partial charge in [0.2, 0.25) is 5.91 Å². The molecule has 2 aliphatic heterocycles. The second kappa shape index (κ2) is 8.87. The number of hydrogen-bond acceptors (Lipinski definition) is 4. The van der Waals surface area contributed by atoms with Crippen LogP contribution in [0.3, 0.4) is 0 Å². The summed E-state index contributed by atoms with van der Waals surface area (Å²) in [5.41, 5.74) is 0.597. The van der Waals surface area contributed by atoms with Gasteiger partial charge in [-0.15, -0.1) is 0 Å². The molecule has 0 aliphatic carbocycles. The van der Waals surface area contributed by atoms with Gasteiger partial charge in [0, 0.05) is 50.7 Å². The lowest BCUT2D eigenvalue weighted by Crippen LogP contribution is -2.53. The Kier molecular flexibility index (Phi) is 6.01. The van der Waals surface area contributed by atoms with Gasteiger partial charge in [0.15, 0.2) is 11.6 Å². The molecule has 0 spiro atoms. The molecule has 2 aromatic rings. The van der Waals surface area contributed by atoms with Crippen molar-refractivity contribution in [3.8, 4) is 0 Å². The lowest BCUT2D eigenvalue weighted by Gasteiger charge is -2.38. The zero-order valence-electron chi connectivity index (χ0n) is 16.9. The number of halogens is 2.